The van der Waals surface area contributed by atoms with Gasteiger partial charge in [-0.2, -0.15) is 0 Å². The molecule has 2 heteroatoms. The number of piperidine rings is 1. The molecule has 0 bridgehead atoms. The van der Waals surface area contributed by atoms with Crippen LogP contribution in [0.4, 0.5) is 5.69 Å². The van der Waals surface area contributed by atoms with E-state index in [9.17, 15) is 0 Å². The van der Waals surface area contributed by atoms with Gasteiger partial charge in [-0.25, -0.2) is 0 Å². The molecule has 1 atom stereocenters. The normalized spacial score (nSPS) is 21.4. The Hall–Kier alpha value is -1.02. The maximum absolute atomic E-state index is 2.72. The third-order valence-corrected chi connectivity index (χ3v) is 5.65. The Labute approximate surface area is 136 Å². The van der Waals surface area contributed by atoms with Gasteiger partial charge in [0.25, 0.3) is 0 Å². The van der Waals surface area contributed by atoms with Crippen LogP contribution >= 0.6 is 0 Å². The molecule has 0 saturated carbocycles. The maximum Gasteiger partial charge on any atom is 0.0402 e. The van der Waals surface area contributed by atoms with Gasteiger partial charge in [0.1, 0.15) is 0 Å². The van der Waals surface area contributed by atoms with Crippen LogP contribution in [-0.4, -0.2) is 36.6 Å². The number of para-hydroxylation sites is 1. The van der Waals surface area contributed by atoms with Crippen LogP contribution in [0.2, 0.25) is 0 Å². The molecule has 1 aromatic carbocycles. The summed E-state index contributed by atoms with van der Waals surface area (Å²) < 4.78 is 0. The highest BCUT2D eigenvalue weighted by Gasteiger charge is 2.30. The molecule has 0 aliphatic carbocycles. The highest BCUT2D eigenvalue weighted by atomic mass is 15.2. The SMILES string of the molecule is CC(C)CCC(C)N1CCC(N2CCc3ccccc32)CC1. The first-order valence-corrected chi connectivity index (χ1v) is 9.23. The molecule has 0 N–H and O–H groups in total. The van der Waals surface area contributed by atoms with Crippen LogP contribution in [0, 0.1) is 5.92 Å². The second-order valence-electron chi connectivity index (χ2n) is 7.66. The highest BCUT2D eigenvalue weighted by Crippen LogP contribution is 2.32. The summed E-state index contributed by atoms with van der Waals surface area (Å²) in [6.45, 7) is 10.9. The molecule has 0 radical (unpaired) electrons. The third kappa shape index (κ3) is 3.48. The minimum Gasteiger partial charge on any atom is -0.368 e. The molecule has 122 valence electrons. The lowest BCUT2D eigenvalue weighted by atomic mass is 9.98. The van der Waals surface area contributed by atoms with Gasteiger partial charge in [0.05, 0.1) is 0 Å². The Balaban J connectivity index is 1.52. The first kappa shape index (κ1) is 15.9. The minimum atomic E-state index is 0.759. The fraction of sp³-hybridized carbons (Fsp3) is 0.700. The Morgan fingerprint density at radius 3 is 2.45 bits per heavy atom. The molecular formula is C20H32N2. The molecule has 1 saturated heterocycles. The van der Waals surface area contributed by atoms with Crippen molar-refractivity contribution in [3.63, 3.8) is 0 Å². The number of hydrogen-bond acceptors (Lipinski definition) is 2. The average Bonchev–Trinajstić information content (AvgIpc) is 2.97. The van der Waals surface area contributed by atoms with Gasteiger partial charge in [-0.3, -0.25) is 0 Å². The van der Waals surface area contributed by atoms with Crippen molar-refractivity contribution < 1.29 is 0 Å². The van der Waals surface area contributed by atoms with Crippen molar-refractivity contribution in [1.82, 2.24) is 4.90 Å². The van der Waals surface area contributed by atoms with Crippen LogP contribution in [-0.2, 0) is 6.42 Å². The summed E-state index contributed by atoms with van der Waals surface area (Å²) in [5, 5.41) is 0. The van der Waals surface area contributed by atoms with Crippen molar-refractivity contribution in [2.45, 2.75) is 65.0 Å². The van der Waals surface area contributed by atoms with Crippen molar-refractivity contribution in [2.75, 3.05) is 24.5 Å². The molecule has 2 aliphatic heterocycles. The van der Waals surface area contributed by atoms with E-state index in [-0.39, 0.29) is 0 Å². The molecular weight excluding hydrogens is 268 g/mol. The zero-order valence-corrected chi connectivity index (χ0v) is 14.6. The second-order valence-corrected chi connectivity index (χ2v) is 7.66. The second kappa shape index (κ2) is 7.04. The van der Waals surface area contributed by atoms with Gasteiger partial charge >= 0.3 is 0 Å². The van der Waals surface area contributed by atoms with E-state index < -0.39 is 0 Å². The molecule has 1 aromatic rings. The number of nitrogens with zero attached hydrogens (tertiary/aromatic N) is 2. The summed E-state index contributed by atoms with van der Waals surface area (Å²) in [5.74, 6) is 0.834. The van der Waals surface area contributed by atoms with Crippen LogP contribution in [0.5, 0.6) is 0 Å². The predicted molar refractivity (Wildman–Crippen MR) is 95.6 cm³/mol. The van der Waals surface area contributed by atoms with Gasteiger partial charge in [0, 0.05) is 37.4 Å². The fourth-order valence-electron chi connectivity index (χ4n) is 4.14. The van der Waals surface area contributed by atoms with E-state index in [4.69, 9.17) is 0 Å². The van der Waals surface area contributed by atoms with Gasteiger partial charge in [-0.05, 0) is 56.6 Å². The number of rotatable bonds is 5. The van der Waals surface area contributed by atoms with E-state index in [0.29, 0.717) is 0 Å². The molecule has 2 aliphatic rings. The molecule has 3 rings (SSSR count). The van der Waals surface area contributed by atoms with E-state index in [0.717, 1.165) is 18.0 Å². The Kier molecular flexibility index (Phi) is 5.07. The van der Waals surface area contributed by atoms with Crippen LogP contribution in [0.25, 0.3) is 0 Å². The first-order chi connectivity index (χ1) is 10.6. The molecule has 2 heterocycles. The van der Waals surface area contributed by atoms with Crippen molar-refractivity contribution in [3.05, 3.63) is 29.8 Å². The zero-order chi connectivity index (χ0) is 15.5. The van der Waals surface area contributed by atoms with Gasteiger partial charge < -0.3 is 9.80 Å². The smallest absolute Gasteiger partial charge is 0.0402 e. The highest BCUT2D eigenvalue weighted by molar-refractivity contribution is 5.58. The van der Waals surface area contributed by atoms with E-state index >= 15 is 0 Å². The van der Waals surface area contributed by atoms with Gasteiger partial charge in [0.2, 0.25) is 0 Å². The molecule has 22 heavy (non-hydrogen) atoms. The van der Waals surface area contributed by atoms with E-state index in [2.05, 4.69) is 54.8 Å². The zero-order valence-electron chi connectivity index (χ0n) is 14.6. The lowest BCUT2D eigenvalue weighted by molar-refractivity contribution is 0.149. The number of fused-ring (bicyclic) bond motifs is 1. The number of likely N-dealkylation sites (tertiary alicyclic amines) is 1. The van der Waals surface area contributed by atoms with E-state index in [1.165, 1.54) is 57.4 Å². The van der Waals surface area contributed by atoms with Crippen LogP contribution < -0.4 is 4.90 Å². The standard InChI is InChI=1S/C20H32N2/c1-16(2)8-9-17(3)21-13-11-19(12-14-21)22-15-10-18-6-4-5-7-20(18)22/h4-7,16-17,19H,8-15H2,1-3H3. The minimum absolute atomic E-state index is 0.759. The fourth-order valence-corrected chi connectivity index (χ4v) is 4.14. The Morgan fingerprint density at radius 1 is 1.00 bits per heavy atom. The quantitative estimate of drug-likeness (QED) is 0.798. The lowest BCUT2D eigenvalue weighted by Gasteiger charge is -2.40. The van der Waals surface area contributed by atoms with Gasteiger partial charge in [0.15, 0.2) is 0 Å². The Bertz CT molecular complexity index is 474. The topological polar surface area (TPSA) is 6.48 Å². The third-order valence-electron chi connectivity index (χ3n) is 5.65. The molecule has 1 unspecified atom stereocenters. The molecule has 1 fully saturated rings. The summed E-state index contributed by atoms with van der Waals surface area (Å²) in [7, 11) is 0. The summed E-state index contributed by atoms with van der Waals surface area (Å²) >= 11 is 0. The van der Waals surface area contributed by atoms with Gasteiger partial charge in [-0.1, -0.05) is 32.0 Å². The van der Waals surface area contributed by atoms with Crippen LogP contribution in [0.3, 0.4) is 0 Å². The van der Waals surface area contributed by atoms with Crippen LogP contribution in [0.15, 0.2) is 24.3 Å². The lowest BCUT2D eigenvalue weighted by Crippen LogP contribution is -2.47. The average molecular weight is 300 g/mol. The van der Waals surface area contributed by atoms with Crippen molar-refractivity contribution >= 4 is 5.69 Å². The van der Waals surface area contributed by atoms with Gasteiger partial charge in [-0.15, -0.1) is 0 Å². The largest absolute Gasteiger partial charge is 0.368 e. The summed E-state index contributed by atoms with van der Waals surface area (Å²) in [6, 6.07) is 10.5. The van der Waals surface area contributed by atoms with Crippen molar-refractivity contribution in [1.29, 1.82) is 0 Å². The number of anilines is 1. The van der Waals surface area contributed by atoms with E-state index in [1.54, 1.807) is 5.56 Å². The predicted octanol–water partition coefficient (Wildman–Crippen LogP) is 4.34. The summed E-state index contributed by atoms with van der Waals surface area (Å²) in [5.41, 5.74) is 3.06. The molecule has 0 spiro atoms. The molecule has 0 amide bonds. The first-order valence-electron chi connectivity index (χ1n) is 9.23. The van der Waals surface area contributed by atoms with E-state index in [1.807, 2.05) is 0 Å². The maximum atomic E-state index is 2.72. The monoisotopic (exact) mass is 300 g/mol. The summed E-state index contributed by atoms with van der Waals surface area (Å²) in [4.78, 5) is 5.41. The van der Waals surface area contributed by atoms with Crippen molar-refractivity contribution in [3.8, 4) is 0 Å². The van der Waals surface area contributed by atoms with Crippen LogP contribution in [0.1, 0.15) is 52.0 Å². The number of hydrogen-bond donors (Lipinski definition) is 0. The molecule has 2 nitrogen and oxygen atoms in total. The molecule has 0 aromatic heterocycles. The summed E-state index contributed by atoms with van der Waals surface area (Å²) in [6.07, 6.45) is 6.62. The Morgan fingerprint density at radius 2 is 1.73 bits per heavy atom. The number of benzene rings is 1. The van der Waals surface area contributed by atoms with Crippen molar-refractivity contribution in [2.24, 2.45) is 5.92 Å².